The van der Waals surface area contributed by atoms with E-state index in [0.29, 0.717) is 30.4 Å². The van der Waals surface area contributed by atoms with Gasteiger partial charge in [0.25, 0.3) is 5.91 Å². The van der Waals surface area contributed by atoms with E-state index < -0.39 is 0 Å². The van der Waals surface area contributed by atoms with Crippen LogP contribution in [0.4, 0.5) is 0 Å². The Hall–Kier alpha value is -2.15. The Morgan fingerprint density at radius 1 is 1.23 bits per heavy atom. The summed E-state index contributed by atoms with van der Waals surface area (Å²) in [6.45, 7) is 11.1. The quantitative estimate of drug-likeness (QED) is 0.844. The van der Waals surface area contributed by atoms with Gasteiger partial charge in [-0.2, -0.15) is 5.10 Å². The smallest absolute Gasteiger partial charge is 0.276 e. The van der Waals surface area contributed by atoms with Crippen molar-refractivity contribution in [1.82, 2.24) is 24.6 Å². The van der Waals surface area contributed by atoms with E-state index in [-0.39, 0.29) is 5.91 Å². The largest absolute Gasteiger partial charge is 0.445 e. The number of hydrogen-bond donors (Lipinski definition) is 0. The molecule has 2 aromatic heterocycles. The number of likely N-dealkylation sites (tertiary alicyclic amines) is 1. The summed E-state index contributed by atoms with van der Waals surface area (Å²) in [5, 5.41) is 4.75. The van der Waals surface area contributed by atoms with E-state index in [0.717, 1.165) is 43.5 Å². The minimum absolute atomic E-state index is 0.0571. The first-order valence-corrected chi connectivity index (χ1v) is 9.51. The molecule has 1 fully saturated rings. The number of fused-ring (bicyclic) bond motifs is 1. The second-order valence-corrected chi connectivity index (χ2v) is 7.67. The van der Waals surface area contributed by atoms with Crippen molar-refractivity contribution in [1.29, 1.82) is 0 Å². The van der Waals surface area contributed by atoms with Gasteiger partial charge in [0.15, 0.2) is 11.6 Å². The maximum absolute atomic E-state index is 12.8. The summed E-state index contributed by atoms with van der Waals surface area (Å²) < 4.78 is 7.46. The number of oxazole rings is 1. The summed E-state index contributed by atoms with van der Waals surface area (Å²) in [5.41, 5.74) is 2.64. The van der Waals surface area contributed by atoms with Gasteiger partial charge in [0.2, 0.25) is 0 Å². The first-order valence-electron chi connectivity index (χ1n) is 9.51. The second-order valence-electron chi connectivity index (χ2n) is 7.67. The number of carbonyl (C=O) groups excluding carboxylic acids is 1. The van der Waals surface area contributed by atoms with E-state index in [1.807, 2.05) is 9.58 Å². The fourth-order valence-electron chi connectivity index (χ4n) is 3.90. The van der Waals surface area contributed by atoms with E-state index in [9.17, 15) is 4.79 Å². The molecule has 0 radical (unpaired) electrons. The third-order valence-electron chi connectivity index (χ3n) is 5.50. The molecule has 0 saturated carbocycles. The summed E-state index contributed by atoms with van der Waals surface area (Å²) >= 11 is 0. The molecule has 0 N–H and O–H groups in total. The highest BCUT2D eigenvalue weighted by atomic mass is 16.4. The van der Waals surface area contributed by atoms with Gasteiger partial charge in [-0.05, 0) is 44.8 Å². The van der Waals surface area contributed by atoms with Gasteiger partial charge in [-0.25, -0.2) is 4.98 Å². The number of aryl methyl sites for hydroxylation is 2. The molecular weight excluding hydrogens is 330 g/mol. The number of nitrogens with zero attached hydrogens (tertiary/aromatic N) is 5. The van der Waals surface area contributed by atoms with Crippen LogP contribution in [-0.4, -0.2) is 50.1 Å². The molecule has 2 aliphatic rings. The zero-order valence-corrected chi connectivity index (χ0v) is 15.9. The van der Waals surface area contributed by atoms with Crippen LogP contribution in [0.2, 0.25) is 0 Å². The van der Waals surface area contributed by atoms with Crippen molar-refractivity contribution in [2.24, 2.45) is 5.92 Å². The van der Waals surface area contributed by atoms with E-state index in [1.165, 1.54) is 12.8 Å². The molecule has 4 rings (SSSR count). The summed E-state index contributed by atoms with van der Waals surface area (Å²) in [7, 11) is 0. The number of hydrogen-bond acceptors (Lipinski definition) is 5. The van der Waals surface area contributed by atoms with Gasteiger partial charge in [-0.3, -0.25) is 14.4 Å². The topological polar surface area (TPSA) is 67.4 Å². The Bertz CT molecular complexity index is 801. The minimum Gasteiger partial charge on any atom is -0.445 e. The molecule has 1 saturated heterocycles. The first kappa shape index (κ1) is 17.3. The monoisotopic (exact) mass is 357 g/mol. The number of aromatic nitrogens is 3. The Morgan fingerprint density at radius 2 is 2.00 bits per heavy atom. The fourth-order valence-corrected chi connectivity index (χ4v) is 3.90. The zero-order valence-electron chi connectivity index (χ0n) is 15.9. The lowest BCUT2D eigenvalue weighted by atomic mass is 9.99. The number of amides is 1. The highest BCUT2D eigenvalue weighted by molar-refractivity contribution is 5.93. The van der Waals surface area contributed by atoms with Crippen molar-refractivity contribution in [3.8, 4) is 0 Å². The molecule has 0 unspecified atom stereocenters. The molecule has 0 aliphatic carbocycles. The van der Waals surface area contributed by atoms with Crippen LogP contribution in [0.1, 0.15) is 53.3 Å². The first-order chi connectivity index (χ1) is 12.5. The lowest BCUT2D eigenvalue weighted by molar-refractivity contribution is 0.0699. The molecule has 26 heavy (non-hydrogen) atoms. The van der Waals surface area contributed by atoms with Crippen molar-refractivity contribution in [2.45, 2.75) is 53.2 Å². The predicted octanol–water partition coefficient (Wildman–Crippen LogP) is 2.38. The van der Waals surface area contributed by atoms with Crippen molar-refractivity contribution in [3.63, 3.8) is 0 Å². The number of piperidine rings is 1. The molecular formula is C19H27N5O2. The second kappa shape index (κ2) is 6.87. The van der Waals surface area contributed by atoms with Gasteiger partial charge < -0.3 is 9.32 Å². The van der Waals surface area contributed by atoms with Crippen LogP contribution in [0.15, 0.2) is 10.5 Å². The molecule has 0 bridgehead atoms. The SMILES string of the molecule is Cc1nc(C(=O)N2CCn3nc(CN4CCC(C)CC4)cc3C2)c(C)o1. The molecule has 7 nitrogen and oxygen atoms in total. The van der Waals surface area contributed by atoms with Gasteiger partial charge in [0.05, 0.1) is 24.5 Å². The normalized spacial score (nSPS) is 19.0. The number of carbonyl (C=O) groups is 1. The molecule has 7 heteroatoms. The zero-order chi connectivity index (χ0) is 18.3. The highest BCUT2D eigenvalue weighted by Crippen LogP contribution is 2.21. The molecule has 2 aromatic rings. The van der Waals surface area contributed by atoms with Crippen molar-refractivity contribution in [3.05, 3.63) is 34.8 Å². The van der Waals surface area contributed by atoms with E-state index in [1.54, 1.807) is 13.8 Å². The lowest BCUT2D eigenvalue weighted by Crippen LogP contribution is -2.38. The summed E-state index contributed by atoms with van der Waals surface area (Å²) in [5.74, 6) is 1.90. The Morgan fingerprint density at radius 3 is 2.69 bits per heavy atom. The van der Waals surface area contributed by atoms with Crippen LogP contribution >= 0.6 is 0 Å². The van der Waals surface area contributed by atoms with E-state index in [2.05, 4.69) is 22.9 Å². The average molecular weight is 357 g/mol. The van der Waals surface area contributed by atoms with Crippen LogP contribution in [0.25, 0.3) is 0 Å². The predicted molar refractivity (Wildman–Crippen MR) is 96.6 cm³/mol. The van der Waals surface area contributed by atoms with Crippen molar-refractivity contribution >= 4 is 5.91 Å². The van der Waals surface area contributed by atoms with Crippen molar-refractivity contribution in [2.75, 3.05) is 19.6 Å². The standard InChI is InChI=1S/C19H27N5O2/c1-13-4-6-22(7-5-13)11-16-10-17-12-23(8-9-24(17)21-16)19(25)18-14(2)26-15(3)20-18/h10,13H,4-9,11-12H2,1-3H3. The van der Waals surface area contributed by atoms with Crippen LogP contribution in [0.3, 0.4) is 0 Å². The van der Waals surface area contributed by atoms with Crippen LogP contribution < -0.4 is 0 Å². The average Bonchev–Trinajstić information content (AvgIpc) is 3.17. The number of rotatable bonds is 3. The molecule has 0 spiro atoms. The maximum Gasteiger partial charge on any atom is 0.276 e. The molecule has 140 valence electrons. The maximum atomic E-state index is 12.8. The molecule has 4 heterocycles. The van der Waals surface area contributed by atoms with Crippen LogP contribution in [0, 0.1) is 19.8 Å². The Balaban J connectivity index is 1.43. The molecule has 0 atom stereocenters. The van der Waals surface area contributed by atoms with Gasteiger partial charge in [-0.1, -0.05) is 6.92 Å². The highest BCUT2D eigenvalue weighted by Gasteiger charge is 2.27. The minimum atomic E-state index is -0.0571. The third-order valence-corrected chi connectivity index (χ3v) is 5.50. The summed E-state index contributed by atoms with van der Waals surface area (Å²) in [6, 6.07) is 2.15. The van der Waals surface area contributed by atoms with Gasteiger partial charge >= 0.3 is 0 Å². The fraction of sp³-hybridized carbons (Fsp3) is 0.632. The van der Waals surface area contributed by atoms with Gasteiger partial charge in [-0.15, -0.1) is 0 Å². The molecule has 0 aromatic carbocycles. The van der Waals surface area contributed by atoms with E-state index >= 15 is 0 Å². The lowest BCUT2D eigenvalue weighted by Gasteiger charge is -2.29. The molecule has 2 aliphatic heterocycles. The summed E-state index contributed by atoms with van der Waals surface area (Å²) in [4.78, 5) is 21.3. The van der Waals surface area contributed by atoms with Gasteiger partial charge in [0.1, 0.15) is 5.76 Å². The Kier molecular flexibility index (Phi) is 4.56. The summed E-state index contributed by atoms with van der Waals surface area (Å²) in [6.07, 6.45) is 2.54. The van der Waals surface area contributed by atoms with E-state index in [4.69, 9.17) is 9.52 Å². The van der Waals surface area contributed by atoms with Crippen molar-refractivity contribution < 1.29 is 9.21 Å². The third kappa shape index (κ3) is 3.40. The van der Waals surface area contributed by atoms with Crippen LogP contribution in [0.5, 0.6) is 0 Å². The van der Waals surface area contributed by atoms with Crippen LogP contribution in [-0.2, 0) is 19.6 Å². The molecule has 1 amide bonds. The van der Waals surface area contributed by atoms with Gasteiger partial charge in [0, 0.05) is 20.0 Å². The Labute approximate surface area is 154 Å².